The molecule has 140 valence electrons. The summed E-state index contributed by atoms with van der Waals surface area (Å²) in [7, 11) is 0. The highest BCUT2D eigenvalue weighted by Crippen LogP contribution is 2.23. The molecule has 0 bridgehead atoms. The van der Waals surface area contributed by atoms with E-state index in [1.165, 1.54) is 12.3 Å². The minimum absolute atomic E-state index is 0.0139. The fourth-order valence-electron chi connectivity index (χ4n) is 3.07. The number of aryl methyl sites for hydroxylation is 1. The van der Waals surface area contributed by atoms with Crippen molar-refractivity contribution in [1.29, 1.82) is 5.26 Å². The van der Waals surface area contributed by atoms with E-state index >= 15 is 0 Å². The predicted octanol–water partition coefficient (Wildman–Crippen LogP) is 1.68. The Labute approximate surface area is 156 Å². The minimum Gasteiger partial charge on any atom is -0.469 e. The molecule has 0 aliphatic carbocycles. The van der Waals surface area contributed by atoms with Crippen molar-refractivity contribution in [2.45, 2.75) is 6.92 Å². The van der Waals surface area contributed by atoms with Crippen LogP contribution in [0.4, 0.5) is 10.1 Å². The maximum atomic E-state index is 13.8. The molecule has 7 nitrogen and oxygen atoms in total. The zero-order valence-corrected chi connectivity index (χ0v) is 14.9. The number of benzene rings is 1. The number of nitrogens with zero attached hydrogens (tertiary/aromatic N) is 3. The number of nitrogens with one attached hydrogen (secondary N) is 1. The van der Waals surface area contributed by atoms with Gasteiger partial charge in [-0.25, -0.2) is 4.39 Å². The molecular formula is C19H19FN4O3. The third kappa shape index (κ3) is 3.92. The van der Waals surface area contributed by atoms with E-state index in [2.05, 4.69) is 5.32 Å². The Morgan fingerprint density at radius 2 is 2.00 bits per heavy atom. The number of anilines is 1. The lowest BCUT2D eigenvalue weighted by Crippen LogP contribution is -2.51. The van der Waals surface area contributed by atoms with Crippen LogP contribution in [0.25, 0.3) is 0 Å². The molecule has 0 atom stereocenters. The van der Waals surface area contributed by atoms with E-state index in [0.717, 1.165) is 0 Å². The van der Waals surface area contributed by atoms with E-state index in [1.807, 2.05) is 11.0 Å². The van der Waals surface area contributed by atoms with Crippen molar-refractivity contribution in [1.82, 2.24) is 10.2 Å². The van der Waals surface area contributed by atoms with Gasteiger partial charge in [-0.1, -0.05) is 6.07 Å². The van der Waals surface area contributed by atoms with Crippen molar-refractivity contribution in [3.63, 3.8) is 0 Å². The first-order valence-electron chi connectivity index (χ1n) is 8.55. The monoisotopic (exact) mass is 370 g/mol. The quantitative estimate of drug-likeness (QED) is 0.884. The smallest absolute Gasteiger partial charge is 0.255 e. The van der Waals surface area contributed by atoms with Crippen molar-refractivity contribution in [3.05, 3.63) is 53.2 Å². The zero-order valence-electron chi connectivity index (χ0n) is 14.9. The van der Waals surface area contributed by atoms with E-state index in [0.29, 0.717) is 43.2 Å². The van der Waals surface area contributed by atoms with Gasteiger partial charge in [0.15, 0.2) is 0 Å². The van der Waals surface area contributed by atoms with Crippen LogP contribution in [0.15, 0.2) is 34.9 Å². The van der Waals surface area contributed by atoms with Crippen molar-refractivity contribution >= 4 is 17.5 Å². The molecule has 1 saturated heterocycles. The van der Waals surface area contributed by atoms with Gasteiger partial charge in [0.2, 0.25) is 5.91 Å². The van der Waals surface area contributed by atoms with Gasteiger partial charge in [-0.15, -0.1) is 0 Å². The fourth-order valence-corrected chi connectivity index (χ4v) is 3.07. The molecular weight excluding hydrogens is 351 g/mol. The lowest BCUT2D eigenvalue weighted by Gasteiger charge is -2.36. The van der Waals surface area contributed by atoms with Gasteiger partial charge in [-0.3, -0.25) is 9.59 Å². The van der Waals surface area contributed by atoms with Crippen LogP contribution in [-0.4, -0.2) is 49.4 Å². The van der Waals surface area contributed by atoms with Crippen LogP contribution in [0, 0.1) is 24.1 Å². The molecule has 1 N–H and O–H groups in total. The Bertz CT molecular complexity index is 895. The highest BCUT2D eigenvalue weighted by Gasteiger charge is 2.24. The molecule has 1 aliphatic rings. The number of carbonyl (C=O) groups excluding carboxylic acids is 2. The lowest BCUT2D eigenvalue weighted by molar-refractivity contribution is -0.130. The lowest BCUT2D eigenvalue weighted by atomic mass is 10.1. The van der Waals surface area contributed by atoms with Crippen molar-refractivity contribution in [3.8, 4) is 6.07 Å². The second-order valence-corrected chi connectivity index (χ2v) is 6.19. The van der Waals surface area contributed by atoms with Gasteiger partial charge in [-0.05, 0) is 25.1 Å². The first-order chi connectivity index (χ1) is 13.0. The average molecular weight is 370 g/mol. The number of hydrogen-bond donors (Lipinski definition) is 1. The summed E-state index contributed by atoms with van der Waals surface area (Å²) in [4.78, 5) is 27.9. The molecule has 1 aromatic heterocycles. The Hall–Kier alpha value is -3.34. The summed E-state index contributed by atoms with van der Waals surface area (Å²) in [6.45, 7) is 3.41. The normalized spacial score (nSPS) is 14.0. The van der Waals surface area contributed by atoms with Crippen molar-refractivity contribution < 1.29 is 18.4 Å². The van der Waals surface area contributed by atoms with Crippen molar-refractivity contribution in [2.75, 3.05) is 37.6 Å². The Morgan fingerprint density at radius 3 is 2.63 bits per heavy atom. The van der Waals surface area contributed by atoms with Crippen LogP contribution in [0.1, 0.15) is 21.7 Å². The molecule has 27 heavy (non-hydrogen) atoms. The summed E-state index contributed by atoms with van der Waals surface area (Å²) in [5.74, 6) is -0.599. The van der Waals surface area contributed by atoms with Gasteiger partial charge in [0, 0.05) is 26.2 Å². The number of carbonyl (C=O) groups is 2. The summed E-state index contributed by atoms with van der Waals surface area (Å²) in [6, 6.07) is 7.97. The third-order valence-electron chi connectivity index (χ3n) is 4.58. The van der Waals surface area contributed by atoms with E-state index < -0.39 is 5.82 Å². The Balaban J connectivity index is 1.54. The molecule has 2 heterocycles. The number of halogens is 1. The summed E-state index contributed by atoms with van der Waals surface area (Å²) in [6.07, 6.45) is 1.42. The molecule has 0 radical (unpaired) electrons. The molecule has 2 aromatic rings. The van der Waals surface area contributed by atoms with Gasteiger partial charge in [0.1, 0.15) is 23.2 Å². The summed E-state index contributed by atoms with van der Waals surface area (Å²) >= 11 is 0. The van der Waals surface area contributed by atoms with Gasteiger partial charge < -0.3 is 19.5 Å². The van der Waals surface area contributed by atoms with Gasteiger partial charge in [0.25, 0.3) is 5.91 Å². The fraction of sp³-hybridized carbons (Fsp3) is 0.316. The van der Waals surface area contributed by atoms with Crippen LogP contribution >= 0.6 is 0 Å². The topological polar surface area (TPSA) is 89.6 Å². The zero-order chi connectivity index (χ0) is 19.4. The van der Waals surface area contributed by atoms with E-state index in [9.17, 15) is 14.0 Å². The van der Waals surface area contributed by atoms with E-state index in [1.54, 1.807) is 30.0 Å². The maximum Gasteiger partial charge on any atom is 0.255 e. The van der Waals surface area contributed by atoms with Crippen molar-refractivity contribution in [2.24, 2.45) is 0 Å². The first-order valence-corrected chi connectivity index (χ1v) is 8.55. The van der Waals surface area contributed by atoms with E-state index in [-0.39, 0.29) is 23.9 Å². The standard InChI is InChI=1S/C19H19FN4O3/c1-13-14(5-10-27-13)19(26)22-12-18(25)24-8-6-23(7-9-24)17-4-2-3-16(20)15(17)11-21/h2-5,10H,6-9,12H2,1H3,(H,22,26). The number of furan rings is 1. The maximum absolute atomic E-state index is 13.8. The summed E-state index contributed by atoms with van der Waals surface area (Å²) < 4.78 is 18.8. The van der Waals surface area contributed by atoms with Gasteiger partial charge in [0.05, 0.1) is 24.1 Å². The number of hydrogen-bond acceptors (Lipinski definition) is 5. The number of piperazine rings is 1. The molecule has 2 amide bonds. The van der Waals surface area contributed by atoms with E-state index in [4.69, 9.17) is 9.68 Å². The summed E-state index contributed by atoms with van der Waals surface area (Å²) in [5, 5.41) is 11.8. The van der Waals surface area contributed by atoms with Crippen LogP contribution in [0.5, 0.6) is 0 Å². The number of nitriles is 1. The molecule has 1 aliphatic heterocycles. The Kier molecular flexibility index (Phi) is 5.41. The summed E-state index contributed by atoms with van der Waals surface area (Å²) in [5.41, 5.74) is 0.955. The minimum atomic E-state index is -0.550. The highest BCUT2D eigenvalue weighted by molar-refractivity contribution is 5.97. The first kappa shape index (κ1) is 18.5. The molecule has 3 rings (SSSR count). The van der Waals surface area contributed by atoms with Crippen LogP contribution in [0.3, 0.4) is 0 Å². The Morgan fingerprint density at radius 1 is 1.26 bits per heavy atom. The third-order valence-corrected chi connectivity index (χ3v) is 4.58. The SMILES string of the molecule is Cc1occc1C(=O)NCC(=O)N1CCN(c2cccc(F)c2C#N)CC1. The van der Waals surface area contributed by atoms with Crippen LogP contribution in [-0.2, 0) is 4.79 Å². The molecule has 1 aromatic carbocycles. The molecule has 0 unspecified atom stereocenters. The molecule has 0 saturated carbocycles. The number of rotatable bonds is 4. The van der Waals surface area contributed by atoms with Gasteiger partial charge >= 0.3 is 0 Å². The average Bonchev–Trinajstić information content (AvgIpc) is 3.11. The van der Waals surface area contributed by atoms with Crippen LogP contribution < -0.4 is 10.2 Å². The number of amides is 2. The molecule has 0 spiro atoms. The second-order valence-electron chi connectivity index (χ2n) is 6.19. The molecule has 1 fully saturated rings. The highest BCUT2D eigenvalue weighted by atomic mass is 19.1. The van der Waals surface area contributed by atoms with Gasteiger partial charge in [-0.2, -0.15) is 5.26 Å². The van der Waals surface area contributed by atoms with Crippen LogP contribution in [0.2, 0.25) is 0 Å². The second kappa shape index (κ2) is 7.91. The predicted molar refractivity (Wildman–Crippen MR) is 95.7 cm³/mol. The largest absolute Gasteiger partial charge is 0.469 e. The molecule has 8 heteroatoms.